The van der Waals surface area contributed by atoms with Crippen molar-refractivity contribution in [1.29, 1.82) is 0 Å². The van der Waals surface area contributed by atoms with Crippen LogP contribution in [0.2, 0.25) is 0 Å². The third kappa shape index (κ3) is 11.8. The summed E-state index contributed by atoms with van der Waals surface area (Å²) in [4.78, 5) is 13.8. The molecule has 14 heteroatoms. The quantitative estimate of drug-likeness (QED) is 0.0729. The summed E-state index contributed by atoms with van der Waals surface area (Å²) in [7, 11) is 5.19. The van der Waals surface area contributed by atoms with Gasteiger partial charge in [-0.2, -0.15) is 13.0 Å². The zero-order valence-electron chi connectivity index (χ0n) is 40.8. The maximum atomic E-state index is 12.8. The molecule has 0 atom stereocenters. The maximum Gasteiger partial charge on any atom is 0.303 e. The number of nitrogens with zero attached hydrogens (tertiary/aromatic N) is 4. The van der Waals surface area contributed by atoms with Gasteiger partial charge in [0.25, 0.3) is 10.1 Å². The van der Waals surface area contributed by atoms with E-state index in [1.54, 1.807) is 18.2 Å². The second-order valence-electron chi connectivity index (χ2n) is 21.2. The molecule has 356 valence electrons. The highest BCUT2D eigenvalue weighted by Crippen LogP contribution is 2.49. The molecule has 66 heavy (non-hydrogen) atoms. The van der Waals surface area contributed by atoms with Crippen LogP contribution >= 0.6 is 0 Å². The second-order valence-corrected chi connectivity index (χ2v) is 24.6. The molecule has 12 nitrogen and oxygen atoms in total. The lowest BCUT2D eigenvalue weighted by Gasteiger charge is -2.29. The van der Waals surface area contributed by atoms with E-state index in [1.165, 1.54) is 12.3 Å². The van der Waals surface area contributed by atoms with E-state index in [-0.39, 0.29) is 11.3 Å². The van der Waals surface area contributed by atoms with Crippen LogP contribution in [-0.2, 0) is 42.0 Å². The highest BCUT2D eigenvalue weighted by atomic mass is 32.2. The van der Waals surface area contributed by atoms with E-state index < -0.39 is 36.8 Å². The standard InChI is InChI=1S/C52H69N4O8S2/c1-51(2)43-35-41(65(11,59)60)24-26-45(43)53(31-13-33-55(5,6)7)47(51)28-20-38-15-12-16-39(50(38)64-40-22-17-37(18-23-40)19-30-49(57)58)21-29-48-52(3,4)44-36-42(66(61,62)63)25-27-46(44)54(48)32-14-34-56(8,9)10/h17-18,20-29,35-36H,12-16,19,30-34H2,1-11H3/q+1/p+2. The molecule has 0 saturated carbocycles. The van der Waals surface area contributed by atoms with Crippen LogP contribution in [0.4, 0.5) is 11.4 Å². The average Bonchev–Trinajstić information content (AvgIpc) is 3.55. The van der Waals surface area contributed by atoms with Crippen LogP contribution < -0.4 is 9.64 Å². The van der Waals surface area contributed by atoms with Crippen molar-refractivity contribution in [3.05, 3.63) is 124 Å². The number of hydrogen-bond donors (Lipinski definition) is 2. The number of carboxylic acids is 1. The number of benzene rings is 3. The summed E-state index contributed by atoms with van der Waals surface area (Å²) in [5.74, 6) is 0.507. The van der Waals surface area contributed by atoms with Crippen LogP contribution in [0.15, 0.2) is 117 Å². The van der Waals surface area contributed by atoms with Gasteiger partial charge < -0.3 is 23.7 Å². The third-order valence-electron chi connectivity index (χ3n) is 13.0. The molecule has 3 aromatic rings. The van der Waals surface area contributed by atoms with Crippen LogP contribution in [0, 0.1) is 0 Å². The van der Waals surface area contributed by atoms with E-state index in [9.17, 15) is 31.3 Å². The monoisotopic (exact) mass is 943 g/mol. The number of carboxylic acid groups (broad SMARTS) is 1. The molecule has 3 aliphatic rings. The van der Waals surface area contributed by atoms with Crippen LogP contribution in [0.3, 0.4) is 0 Å². The van der Waals surface area contributed by atoms with Gasteiger partial charge in [-0.05, 0) is 116 Å². The summed E-state index contributed by atoms with van der Waals surface area (Å²) in [6.45, 7) is 11.8. The number of anilines is 1. The topological polar surface area (TPSA) is 141 Å². The molecule has 6 rings (SSSR count). The summed E-state index contributed by atoms with van der Waals surface area (Å²) in [5, 5.41) is 9.28. The van der Waals surface area contributed by atoms with Gasteiger partial charge >= 0.3 is 5.97 Å². The molecule has 2 aliphatic heterocycles. The number of rotatable bonds is 18. The Labute approximate surface area is 393 Å². The molecule has 2 N–H and O–H groups in total. The minimum Gasteiger partial charge on any atom is -0.481 e. The Hall–Kier alpha value is -4.86. The van der Waals surface area contributed by atoms with Crippen LogP contribution in [0.5, 0.6) is 5.75 Å². The van der Waals surface area contributed by atoms with Crippen molar-refractivity contribution in [2.75, 3.05) is 79.6 Å². The van der Waals surface area contributed by atoms with Crippen molar-refractivity contribution < 1.29 is 49.6 Å². The molecule has 0 aromatic heterocycles. The Morgan fingerprint density at radius 3 is 2.06 bits per heavy atom. The smallest absolute Gasteiger partial charge is 0.303 e. The molecular formula is C52H71N4O8S2+3. The van der Waals surface area contributed by atoms with Crippen molar-refractivity contribution >= 4 is 43.0 Å². The molecule has 0 unspecified atom stereocenters. The summed E-state index contributed by atoms with van der Waals surface area (Å²) in [6.07, 6.45) is 14.5. The Balaban J connectivity index is 1.48. The van der Waals surface area contributed by atoms with Crippen molar-refractivity contribution in [3.63, 3.8) is 0 Å². The Kier molecular flexibility index (Phi) is 14.6. The van der Waals surface area contributed by atoms with Crippen molar-refractivity contribution in [2.45, 2.75) is 93.3 Å². The van der Waals surface area contributed by atoms with Crippen LogP contribution in [-0.4, -0.2) is 126 Å². The third-order valence-corrected chi connectivity index (χ3v) is 15.0. The zero-order valence-corrected chi connectivity index (χ0v) is 42.4. The molecule has 0 fully saturated rings. The van der Waals surface area contributed by atoms with Crippen LogP contribution in [0.1, 0.15) is 82.9 Å². The lowest BCUT2D eigenvalue weighted by Crippen LogP contribution is -2.37. The van der Waals surface area contributed by atoms with Crippen molar-refractivity contribution in [1.82, 2.24) is 0 Å². The first-order chi connectivity index (χ1) is 30.6. The number of hydrogen-bond acceptors (Lipinski definition) is 7. The number of quaternary nitrogens is 2. The van der Waals surface area contributed by atoms with Crippen molar-refractivity contribution in [3.8, 4) is 5.75 Å². The minimum absolute atomic E-state index is 0.0342. The minimum atomic E-state index is -4.42. The molecule has 0 radical (unpaired) electrons. The fourth-order valence-corrected chi connectivity index (χ4v) is 10.5. The van der Waals surface area contributed by atoms with Gasteiger partial charge in [0.1, 0.15) is 11.5 Å². The number of aliphatic carboxylic acids is 1. The molecule has 2 heterocycles. The molecule has 3 aromatic carbocycles. The number of allylic oxidation sites excluding steroid dienone is 7. The van der Waals surface area contributed by atoms with Crippen LogP contribution in [0.25, 0.3) is 0 Å². The number of ether oxygens (including phenoxy) is 1. The average molecular weight is 944 g/mol. The first-order valence-electron chi connectivity index (χ1n) is 22.9. The van der Waals surface area contributed by atoms with E-state index in [2.05, 4.69) is 104 Å². The molecule has 1 aliphatic carbocycles. The van der Waals surface area contributed by atoms with E-state index in [0.29, 0.717) is 23.6 Å². The Morgan fingerprint density at radius 1 is 0.803 bits per heavy atom. The van der Waals surface area contributed by atoms with E-state index in [0.717, 1.165) is 117 Å². The summed E-state index contributed by atoms with van der Waals surface area (Å²) in [5.41, 5.74) is 7.56. The second kappa shape index (κ2) is 19.0. The van der Waals surface area contributed by atoms with Gasteiger partial charge in [0, 0.05) is 60.1 Å². The number of carbonyl (C=O) groups is 1. The summed E-state index contributed by atoms with van der Waals surface area (Å²) < 4.78 is 71.1. The van der Waals surface area contributed by atoms with Gasteiger partial charge in [-0.25, -0.2) is 8.42 Å². The van der Waals surface area contributed by atoms with Gasteiger partial charge in [-0.15, -0.1) is 0 Å². The Morgan fingerprint density at radius 2 is 1.44 bits per heavy atom. The first kappa shape index (κ1) is 50.6. The van der Waals surface area contributed by atoms with Gasteiger partial charge in [0.05, 0.1) is 77.0 Å². The predicted molar refractivity (Wildman–Crippen MR) is 263 cm³/mol. The lowest BCUT2D eigenvalue weighted by molar-refractivity contribution is -0.871. The summed E-state index contributed by atoms with van der Waals surface area (Å²) >= 11 is 0. The largest absolute Gasteiger partial charge is 0.481 e. The van der Waals surface area contributed by atoms with E-state index in [4.69, 9.17) is 4.74 Å². The number of aryl methyl sites for hydroxylation is 1. The molecular weight excluding hydrogens is 873 g/mol. The zero-order chi connectivity index (χ0) is 48.6. The number of fused-ring (bicyclic) bond motifs is 2. The van der Waals surface area contributed by atoms with Gasteiger partial charge in [0.15, 0.2) is 22.1 Å². The van der Waals surface area contributed by atoms with Gasteiger partial charge in [-0.1, -0.05) is 32.1 Å². The van der Waals surface area contributed by atoms with E-state index >= 15 is 0 Å². The fourth-order valence-electron chi connectivity index (χ4n) is 9.39. The van der Waals surface area contributed by atoms with Crippen molar-refractivity contribution in [2.24, 2.45) is 0 Å². The van der Waals surface area contributed by atoms with Gasteiger partial charge in [0.2, 0.25) is 5.69 Å². The Bertz CT molecular complexity index is 2750. The molecule has 0 spiro atoms. The predicted octanol–water partition coefficient (Wildman–Crippen LogP) is 8.60. The highest BCUT2D eigenvalue weighted by molar-refractivity contribution is 7.90. The summed E-state index contributed by atoms with van der Waals surface area (Å²) in [6, 6.07) is 17.9. The molecule has 0 bridgehead atoms. The fraction of sp³-hybridized carbons (Fsp3) is 0.462. The van der Waals surface area contributed by atoms with Gasteiger partial charge in [-0.3, -0.25) is 9.35 Å². The molecule has 0 amide bonds. The maximum absolute atomic E-state index is 12.8. The first-order valence-corrected chi connectivity index (χ1v) is 26.2. The lowest BCUT2D eigenvalue weighted by atomic mass is 9.81. The molecule has 0 saturated heterocycles. The highest BCUT2D eigenvalue weighted by Gasteiger charge is 2.45. The van der Waals surface area contributed by atoms with E-state index in [1.807, 2.05) is 36.4 Å². The number of sulfone groups is 1. The SMILES string of the molecule is CC1(C)C(=CC=C2CCCC(C=CC3=[N+](CCC[N+](C)(C)C)c4ccc(S(C)(=O)=O)cc4C3(C)C)=C2Oc2ccc(CCC(=O)O)cc2)N(CCC[N+](C)(C)C)c2ccc(S(=O)(=O)O)cc21. The normalized spacial score (nSPS) is 18.8.